The molecule has 27 heavy (non-hydrogen) atoms. The van der Waals surface area contributed by atoms with Crippen LogP contribution in [0.25, 0.3) is 37.3 Å². The van der Waals surface area contributed by atoms with Gasteiger partial charge in [-0.2, -0.15) is 4.52 Å². The van der Waals surface area contributed by atoms with Crippen molar-refractivity contribution in [3.63, 3.8) is 0 Å². The first-order valence-electron chi connectivity index (χ1n) is 8.56. The van der Waals surface area contributed by atoms with Gasteiger partial charge in [-0.15, -0.1) is 28.0 Å². The monoisotopic (exact) mass is 395 g/mol. The van der Waals surface area contributed by atoms with Crippen LogP contribution in [0.3, 0.4) is 0 Å². The van der Waals surface area contributed by atoms with Crippen molar-refractivity contribution in [3.05, 3.63) is 59.0 Å². The van der Waals surface area contributed by atoms with Gasteiger partial charge in [-0.05, 0) is 18.6 Å². The Bertz CT molecular complexity index is 1340. The highest BCUT2D eigenvalue weighted by molar-refractivity contribution is 7.25. The van der Waals surface area contributed by atoms with E-state index >= 15 is 0 Å². The Kier molecular flexibility index (Phi) is 3.91. The summed E-state index contributed by atoms with van der Waals surface area (Å²) in [7, 11) is 0. The van der Waals surface area contributed by atoms with Gasteiger partial charge in [0.15, 0.2) is 5.65 Å². The first-order chi connectivity index (χ1) is 13.3. The molecule has 4 aromatic heterocycles. The summed E-state index contributed by atoms with van der Waals surface area (Å²) >= 11 is 7.30. The van der Waals surface area contributed by atoms with Crippen molar-refractivity contribution in [2.45, 2.75) is 13.0 Å². The zero-order chi connectivity index (χ0) is 18.4. The van der Waals surface area contributed by atoms with Crippen LogP contribution in [0.4, 0.5) is 0 Å². The van der Waals surface area contributed by atoms with Crippen molar-refractivity contribution in [3.8, 4) is 11.3 Å². The van der Waals surface area contributed by atoms with Crippen LogP contribution in [0.2, 0.25) is 0 Å². The molecule has 0 aliphatic heterocycles. The molecule has 0 radical (unpaired) electrons. The maximum atomic E-state index is 13.3. The molecular weight excluding hydrogens is 382 g/mol. The number of rotatable bonds is 4. The highest BCUT2D eigenvalue weighted by Gasteiger charge is 2.21. The Morgan fingerprint density at radius 1 is 1.11 bits per heavy atom. The summed E-state index contributed by atoms with van der Waals surface area (Å²) in [5.74, 6) is 0.479. The number of halogens is 1. The first-order valence-corrected chi connectivity index (χ1v) is 9.91. The van der Waals surface area contributed by atoms with E-state index in [1.165, 1.54) is 11.3 Å². The van der Waals surface area contributed by atoms with Crippen LogP contribution in [0.5, 0.6) is 0 Å². The summed E-state index contributed by atoms with van der Waals surface area (Å²) < 4.78 is 4.14. The molecule has 5 aromatic rings. The van der Waals surface area contributed by atoms with Gasteiger partial charge >= 0.3 is 0 Å². The van der Waals surface area contributed by atoms with Crippen LogP contribution >= 0.6 is 22.9 Å². The maximum Gasteiger partial charge on any atom is 0.271 e. The van der Waals surface area contributed by atoms with E-state index in [2.05, 4.69) is 15.3 Å². The highest BCUT2D eigenvalue weighted by Crippen LogP contribution is 2.32. The Balaban J connectivity index is 1.96. The van der Waals surface area contributed by atoms with Crippen LogP contribution in [0.15, 0.2) is 53.5 Å². The molecule has 0 fully saturated rings. The molecule has 8 heteroatoms. The fourth-order valence-corrected chi connectivity index (χ4v) is 4.56. The zero-order valence-electron chi connectivity index (χ0n) is 14.2. The second-order valence-corrected chi connectivity index (χ2v) is 7.55. The molecule has 5 rings (SSSR count). The van der Waals surface area contributed by atoms with Crippen LogP contribution in [-0.4, -0.2) is 30.3 Å². The Hall–Kier alpha value is -2.77. The third kappa shape index (κ3) is 2.46. The van der Waals surface area contributed by atoms with Crippen molar-refractivity contribution < 1.29 is 0 Å². The van der Waals surface area contributed by atoms with E-state index in [-0.39, 0.29) is 5.56 Å². The second kappa shape index (κ2) is 6.44. The van der Waals surface area contributed by atoms with Gasteiger partial charge in [0, 0.05) is 29.6 Å². The number of benzene rings is 1. The Morgan fingerprint density at radius 3 is 2.78 bits per heavy atom. The number of thiophene rings is 1. The van der Waals surface area contributed by atoms with Crippen LogP contribution in [0.1, 0.15) is 6.42 Å². The van der Waals surface area contributed by atoms with Gasteiger partial charge in [0.05, 0.1) is 0 Å². The lowest BCUT2D eigenvalue weighted by atomic mass is 10.1. The molecule has 6 nitrogen and oxygen atoms in total. The van der Waals surface area contributed by atoms with Gasteiger partial charge in [0.2, 0.25) is 0 Å². The Morgan fingerprint density at radius 2 is 1.96 bits per heavy atom. The number of alkyl halides is 1. The van der Waals surface area contributed by atoms with Gasteiger partial charge in [0.25, 0.3) is 5.56 Å². The minimum Gasteiger partial charge on any atom is -0.290 e. The molecule has 1 aromatic carbocycles. The number of aromatic nitrogens is 5. The van der Waals surface area contributed by atoms with Crippen molar-refractivity contribution >= 4 is 49.0 Å². The standard InChI is InChI=1S/C19H14ClN5OS/c20-9-5-11-24-18-14(12-6-2-1-3-7-12)22-23-25(18)15-13-8-4-10-21-17(13)27-16(15)19(24)26/h1-4,6-8,10H,5,9,11H2. The van der Waals surface area contributed by atoms with Crippen molar-refractivity contribution in [1.29, 1.82) is 0 Å². The fourth-order valence-electron chi connectivity index (χ4n) is 3.37. The minimum absolute atomic E-state index is 0.0508. The average Bonchev–Trinajstić information content (AvgIpc) is 3.30. The average molecular weight is 396 g/mol. The van der Waals surface area contributed by atoms with E-state index in [4.69, 9.17) is 11.6 Å². The third-order valence-electron chi connectivity index (χ3n) is 4.56. The van der Waals surface area contributed by atoms with E-state index < -0.39 is 0 Å². The molecule has 4 heterocycles. The maximum absolute atomic E-state index is 13.3. The van der Waals surface area contributed by atoms with Crippen molar-refractivity contribution in [2.24, 2.45) is 0 Å². The molecule has 0 bridgehead atoms. The van der Waals surface area contributed by atoms with E-state index in [9.17, 15) is 4.79 Å². The van der Waals surface area contributed by atoms with Gasteiger partial charge in [-0.1, -0.05) is 35.5 Å². The largest absolute Gasteiger partial charge is 0.290 e. The lowest BCUT2D eigenvalue weighted by molar-refractivity contribution is 0.669. The van der Waals surface area contributed by atoms with E-state index in [0.717, 1.165) is 21.3 Å². The molecule has 0 amide bonds. The number of fused-ring (bicyclic) bond motifs is 5. The summed E-state index contributed by atoms with van der Waals surface area (Å²) in [6.45, 7) is 0.511. The van der Waals surface area contributed by atoms with E-state index in [1.807, 2.05) is 42.5 Å². The molecule has 0 unspecified atom stereocenters. The molecule has 134 valence electrons. The van der Waals surface area contributed by atoms with Gasteiger partial charge in [-0.25, -0.2) is 4.98 Å². The summed E-state index contributed by atoms with van der Waals surface area (Å²) in [6.07, 6.45) is 2.42. The summed E-state index contributed by atoms with van der Waals surface area (Å²) in [5.41, 5.74) is 3.01. The van der Waals surface area contributed by atoms with Crippen molar-refractivity contribution in [1.82, 2.24) is 24.4 Å². The predicted molar refractivity (Wildman–Crippen MR) is 109 cm³/mol. The van der Waals surface area contributed by atoms with Gasteiger partial charge < -0.3 is 0 Å². The number of aryl methyl sites for hydroxylation is 1. The summed E-state index contributed by atoms with van der Waals surface area (Å²) in [4.78, 5) is 18.6. The lowest BCUT2D eigenvalue weighted by Crippen LogP contribution is -2.22. The van der Waals surface area contributed by atoms with E-state index in [0.29, 0.717) is 34.9 Å². The third-order valence-corrected chi connectivity index (χ3v) is 5.91. The normalized spacial score (nSPS) is 11.7. The molecule has 0 aliphatic carbocycles. The summed E-state index contributed by atoms with van der Waals surface area (Å²) in [5, 5.41) is 9.74. The topological polar surface area (TPSA) is 65.1 Å². The summed E-state index contributed by atoms with van der Waals surface area (Å²) in [6, 6.07) is 13.6. The first kappa shape index (κ1) is 16.4. The number of nitrogens with zero attached hydrogens (tertiary/aromatic N) is 5. The molecule has 0 atom stereocenters. The van der Waals surface area contributed by atoms with Crippen LogP contribution in [-0.2, 0) is 6.54 Å². The molecule has 0 N–H and O–H groups in total. The second-order valence-electron chi connectivity index (χ2n) is 6.17. The fraction of sp³-hybridized carbons (Fsp3) is 0.158. The molecular formula is C19H14ClN5OS. The van der Waals surface area contributed by atoms with E-state index in [1.54, 1.807) is 15.3 Å². The smallest absolute Gasteiger partial charge is 0.271 e. The SMILES string of the molecule is O=c1c2sc3ncccc3c2n2nnc(-c3ccccc3)c2n1CCCCl. The quantitative estimate of drug-likeness (QED) is 0.432. The van der Waals surface area contributed by atoms with Gasteiger partial charge in [-0.3, -0.25) is 9.36 Å². The number of hydrogen-bond acceptors (Lipinski definition) is 5. The minimum atomic E-state index is -0.0508. The van der Waals surface area contributed by atoms with Crippen molar-refractivity contribution in [2.75, 3.05) is 5.88 Å². The molecule has 0 saturated heterocycles. The zero-order valence-corrected chi connectivity index (χ0v) is 15.7. The predicted octanol–water partition coefficient (Wildman–Crippen LogP) is 3.95. The Labute approximate surface area is 162 Å². The number of hydrogen-bond donors (Lipinski definition) is 0. The van der Waals surface area contributed by atoms with Gasteiger partial charge in [0.1, 0.15) is 20.7 Å². The highest BCUT2D eigenvalue weighted by atomic mass is 35.5. The van der Waals surface area contributed by atoms with Crippen LogP contribution < -0.4 is 5.56 Å². The lowest BCUT2D eigenvalue weighted by Gasteiger charge is -2.09. The molecule has 0 spiro atoms. The van der Waals surface area contributed by atoms with Crippen LogP contribution in [0, 0.1) is 0 Å². The molecule has 0 saturated carbocycles. The molecule has 0 aliphatic rings. The number of pyridine rings is 1.